The molecule has 27 heavy (non-hydrogen) atoms. The van der Waals surface area contributed by atoms with E-state index < -0.39 is 0 Å². The average Bonchev–Trinajstić information content (AvgIpc) is 2.86. The monoisotopic (exact) mass is 372 g/mol. The molecule has 0 aliphatic carbocycles. The van der Waals surface area contributed by atoms with Gasteiger partial charge in [0.1, 0.15) is 11.5 Å². The van der Waals surface area contributed by atoms with Crippen LogP contribution in [0.2, 0.25) is 0 Å². The van der Waals surface area contributed by atoms with Crippen molar-refractivity contribution >= 4 is 5.91 Å². The summed E-state index contributed by atoms with van der Waals surface area (Å²) in [5.74, 6) is -0.0527. The van der Waals surface area contributed by atoms with Gasteiger partial charge in [-0.3, -0.25) is 14.5 Å². The fourth-order valence-electron chi connectivity index (χ4n) is 3.52. The molecule has 2 heterocycles. The lowest BCUT2D eigenvalue weighted by Crippen LogP contribution is -2.45. The number of aromatic nitrogens is 2. The molecule has 0 spiro atoms. The maximum atomic E-state index is 13.2. The number of benzene rings is 1. The highest BCUT2D eigenvalue weighted by Crippen LogP contribution is 2.21. The topological polar surface area (TPSA) is 69.3 Å². The van der Waals surface area contributed by atoms with Crippen LogP contribution in [0.1, 0.15) is 36.3 Å². The number of nitrogens with zero attached hydrogens (tertiary/aromatic N) is 3. The van der Waals surface area contributed by atoms with Crippen LogP contribution in [0.4, 0.5) is 4.39 Å². The van der Waals surface area contributed by atoms with Crippen LogP contribution in [0.15, 0.2) is 41.5 Å². The van der Waals surface area contributed by atoms with Crippen molar-refractivity contribution in [3.05, 3.63) is 64.1 Å². The molecule has 1 saturated heterocycles. The SMILES string of the molecule is CC(C)C1CN(C(=O)c2c[nH]c(=O)cn2)CCCN1Cc1ccc(F)cc1. The molecule has 0 saturated carbocycles. The highest BCUT2D eigenvalue weighted by Gasteiger charge is 2.30. The zero-order valence-corrected chi connectivity index (χ0v) is 15.7. The third-order valence-corrected chi connectivity index (χ3v) is 5.00. The van der Waals surface area contributed by atoms with Crippen LogP contribution in [0.5, 0.6) is 0 Å². The maximum Gasteiger partial charge on any atom is 0.274 e. The molecule has 0 radical (unpaired) electrons. The van der Waals surface area contributed by atoms with Gasteiger partial charge in [-0.2, -0.15) is 0 Å². The van der Waals surface area contributed by atoms with Crippen LogP contribution in [0.25, 0.3) is 0 Å². The van der Waals surface area contributed by atoms with E-state index in [0.29, 0.717) is 19.0 Å². The minimum atomic E-state index is -0.326. The molecule has 1 unspecified atom stereocenters. The highest BCUT2D eigenvalue weighted by atomic mass is 19.1. The summed E-state index contributed by atoms with van der Waals surface area (Å²) in [5.41, 5.74) is 0.987. The van der Waals surface area contributed by atoms with Crippen molar-refractivity contribution in [2.45, 2.75) is 32.9 Å². The number of rotatable bonds is 4. The van der Waals surface area contributed by atoms with Crippen molar-refractivity contribution in [1.82, 2.24) is 19.8 Å². The van der Waals surface area contributed by atoms with E-state index in [4.69, 9.17) is 0 Å². The van der Waals surface area contributed by atoms with Crippen LogP contribution in [-0.4, -0.2) is 51.4 Å². The van der Waals surface area contributed by atoms with Crippen LogP contribution < -0.4 is 5.56 Å². The number of nitrogens with one attached hydrogen (secondary N) is 1. The van der Waals surface area contributed by atoms with Gasteiger partial charge in [0.15, 0.2) is 0 Å². The van der Waals surface area contributed by atoms with E-state index in [0.717, 1.165) is 31.3 Å². The molecule has 6 nitrogen and oxygen atoms in total. The van der Waals surface area contributed by atoms with Gasteiger partial charge in [0.2, 0.25) is 0 Å². The van der Waals surface area contributed by atoms with Gasteiger partial charge >= 0.3 is 0 Å². The third-order valence-electron chi connectivity index (χ3n) is 5.00. The number of H-pyrrole nitrogens is 1. The van der Waals surface area contributed by atoms with E-state index in [9.17, 15) is 14.0 Å². The highest BCUT2D eigenvalue weighted by molar-refractivity contribution is 5.92. The van der Waals surface area contributed by atoms with Crippen molar-refractivity contribution in [2.75, 3.05) is 19.6 Å². The number of hydrogen-bond donors (Lipinski definition) is 1. The summed E-state index contributed by atoms with van der Waals surface area (Å²) in [5, 5.41) is 0. The molecule has 1 aliphatic heterocycles. The van der Waals surface area contributed by atoms with Crippen LogP contribution >= 0.6 is 0 Å². The second-order valence-electron chi connectivity index (χ2n) is 7.31. The minimum Gasteiger partial charge on any atom is -0.336 e. The normalized spacial score (nSPS) is 18.5. The van der Waals surface area contributed by atoms with E-state index in [2.05, 4.69) is 28.7 Å². The van der Waals surface area contributed by atoms with E-state index in [1.54, 1.807) is 0 Å². The molecule has 7 heteroatoms. The second-order valence-corrected chi connectivity index (χ2v) is 7.31. The zero-order chi connectivity index (χ0) is 19.4. The lowest BCUT2D eigenvalue weighted by molar-refractivity contribution is 0.0696. The Labute approximate surface area is 158 Å². The number of aromatic amines is 1. The van der Waals surface area contributed by atoms with Gasteiger partial charge in [-0.15, -0.1) is 0 Å². The number of halogens is 1. The minimum absolute atomic E-state index is 0.166. The number of hydrogen-bond acceptors (Lipinski definition) is 4. The number of carbonyl (C=O) groups is 1. The predicted molar refractivity (Wildman–Crippen MR) is 101 cm³/mol. The lowest BCUT2D eigenvalue weighted by atomic mass is 10.0. The van der Waals surface area contributed by atoms with Gasteiger partial charge in [-0.05, 0) is 30.0 Å². The summed E-state index contributed by atoms with van der Waals surface area (Å²) < 4.78 is 13.2. The summed E-state index contributed by atoms with van der Waals surface area (Å²) in [6.07, 6.45) is 3.35. The molecule has 1 aromatic carbocycles. The summed E-state index contributed by atoms with van der Waals surface area (Å²) in [6.45, 7) is 7.12. The molecule has 0 bridgehead atoms. The Kier molecular flexibility index (Phi) is 6.01. The third kappa shape index (κ3) is 4.80. The molecule has 3 rings (SSSR count). The first-order valence-corrected chi connectivity index (χ1v) is 9.26. The van der Waals surface area contributed by atoms with Crippen LogP contribution in [-0.2, 0) is 6.54 Å². The van der Waals surface area contributed by atoms with Gasteiger partial charge in [0.25, 0.3) is 11.5 Å². The van der Waals surface area contributed by atoms with E-state index >= 15 is 0 Å². The van der Waals surface area contributed by atoms with Gasteiger partial charge in [0, 0.05) is 38.4 Å². The van der Waals surface area contributed by atoms with Crippen LogP contribution in [0.3, 0.4) is 0 Å². The smallest absolute Gasteiger partial charge is 0.274 e. The second kappa shape index (κ2) is 8.43. The summed E-state index contributed by atoms with van der Waals surface area (Å²) in [4.78, 5) is 34.7. The van der Waals surface area contributed by atoms with Crippen LogP contribution in [0, 0.1) is 11.7 Å². The Morgan fingerprint density at radius 2 is 2.04 bits per heavy atom. The number of amides is 1. The van der Waals surface area contributed by atoms with E-state index in [1.807, 2.05) is 17.0 Å². The molecule has 2 aromatic rings. The van der Waals surface area contributed by atoms with Gasteiger partial charge in [0.05, 0.1) is 6.20 Å². The summed E-state index contributed by atoms with van der Waals surface area (Å²) in [7, 11) is 0. The quantitative estimate of drug-likeness (QED) is 0.894. The van der Waals surface area contributed by atoms with Crippen molar-refractivity contribution in [3.63, 3.8) is 0 Å². The fraction of sp³-hybridized carbons (Fsp3) is 0.450. The Morgan fingerprint density at radius 3 is 2.67 bits per heavy atom. The van der Waals surface area contributed by atoms with Gasteiger partial charge in [-0.1, -0.05) is 26.0 Å². The lowest BCUT2D eigenvalue weighted by Gasteiger charge is -2.34. The van der Waals surface area contributed by atoms with Crippen molar-refractivity contribution in [2.24, 2.45) is 5.92 Å². The Bertz CT molecular complexity index is 814. The van der Waals surface area contributed by atoms with Crippen molar-refractivity contribution in [3.8, 4) is 0 Å². The molecular formula is C20H25FN4O2. The van der Waals surface area contributed by atoms with E-state index in [-0.39, 0.29) is 29.0 Å². The van der Waals surface area contributed by atoms with E-state index in [1.165, 1.54) is 18.3 Å². The molecule has 1 N–H and O–H groups in total. The van der Waals surface area contributed by atoms with Gasteiger partial charge in [-0.25, -0.2) is 9.37 Å². The average molecular weight is 372 g/mol. The Morgan fingerprint density at radius 1 is 1.30 bits per heavy atom. The van der Waals surface area contributed by atoms with Gasteiger partial charge < -0.3 is 9.88 Å². The zero-order valence-electron chi connectivity index (χ0n) is 15.7. The molecule has 1 aliphatic rings. The maximum absolute atomic E-state index is 13.2. The molecule has 1 atom stereocenters. The Hall–Kier alpha value is -2.54. The molecule has 144 valence electrons. The number of carbonyl (C=O) groups excluding carboxylic acids is 1. The predicted octanol–water partition coefficient (Wildman–Crippen LogP) is 2.28. The molecule has 1 fully saturated rings. The fourth-order valence-corrected chi connectivity index (χ4v) is 3.52. The van der Waals surface area contributed by atoms with Crippen molar-refractivity contribution in [1.29, 1.82) is 0 Å². The first kappa shape index (κ1) is 19.2. The summed E-state index contributed by atoms with van der Waals surface area (Å²) >= 11 is 0. The molecular weight excluding hydrogens is 347 g/mol. The Balaban J connectivity index is 1.76. The van der Waals surface area contributed by atoms with Crippen molar-refractivity contribution < 1.29 is 9.18 Å². The molecule has 1 amide bonds. The largest absolute Gasteiger partial charge is 0.336 e. The standard InChI is InChI=1S/C20H25FN4O2/c1-14(2)18-13-25(20(27)17-10-23-19(26)11-22-17)9-3-8-24(18)12-15-4-6-16(21)7-5-15/h4-7,10-11,14,18H,3,8-9,12-13H2,1-2H3,(H,23,26). The molecule has 1 aromatic heterocycles. The summed E-state index contributed by atoms with van der Waals surface area (Å²) in [6, 6.07) is 6.77. The first-order valence-electron chi connectivity index (χ1n) is 9.26. The first-order chi connectivity index (χ1) is 12.9.